The van der Waals surface area contributed by atoms with Gasteiger partial charge < -0.3 is 19.7 Å². The van der Waals surface area contributed by atoms with Gasteiger partial charge in [0.15, 0.2) is 0 Å². The first kappa shape index (κ1) is 16.0. The zero-order valence-corrected chi connectivity index (χ0v) is 12.5. The second-order valence-corrected chi connectivity index (χ2v) is 4.54. The van der Waals surface area contributed by atoms with E-state index in [0.29, 0.717) is 12.3 Å². The van der Waals surface area contributed by atoms with E-state index >= 15 is 0 Å². The number of carbonyl (C=O) groups excluding carboxylic acids is 1. The average Bonchev–Trinajstić information content (AvgIpc) is 2.44. The molecule has 20 heavy (non-hydrogen) atoms. The van der Waals surface area contributed by atoms with Crippen LogP contribution in [0.25, 0.3) is 6.08 Å². The van der Waals surface area contributed by atoms with E-state index < -0.39 is 0 Å². The third-order valence-electron chi connectivity index (χ3n) is 2.71. The average molecular weight is 278 g/mol. The van der Waals surface area contributed by atoms with Gasteiger partial charge in [-0.2, -0.15) is 0 Å². The van der Waals surface area contributed by atoms with Crippen molar-refractivity contribution in [1.29, 1.82) is 0 Å². The fourth-order valence-electron chi connectivity index (χ4n) is 1.60. The summed E-state index contributed by atoms with van der Waals surface area (Å²) in [6.45, 7) is 1.42. The van der Waals surface area contributed by atoms with E-state index in [1.54, 1.807) is 20.3 Å². The van der Waals surface area contributed by atoms with Gasteiger partial charge in [-0.3, -0.25) is 4.79 Å². The number of nitrogens with one attached hydrogen (secondary N) is 1. The Morgan fingerprint density at radius 3 is 2.65 bits per heavy atom. The fraction of sp³-hybridized carbons (Fsp3) is 0.400. The molecule has 0 atom stereocenters. The number of hydrogen-bond donors (Lipinski definition) is 1. The molecule has 0 aliphatic rings. The van der Waals surface area contributed by atoms with Gasteiger partial charge in [0.25, 0.3) is 0 Å². The normalized spacial score (nSPS) is 10.8. The van der Waals surface area contributed by atoms with Crippen molar-refractivity contribution in [2.75, 3.05) is 41.4 Å². The van der Waals surface area contributed by atoms with Crippen LogP contribution in [0, 0.1) is 0 Å². The van der Waals surface area contributed by atoms with Gasteiger partial charge in [-0.25, -0.2) is 0 Å². The summed E-state index contributed by atoms with van der Waals surface area (Å²) in [5, 5.41) is 2.81. The topological polar surface area (TPSA) is 50.8 Å². The van der Waals surface area contributed by atoms with E-state index in [2.05, 4.69) is 5.32 Å². The Morgan fingerprint density at radius 2 is 2.05 bits per heavy atom. The van der Waals surface area contributed by atoms with E-state index in [0.717, 1.165) is 17.9 Å². The van der Waals surface area contributed by atoms with E-state index in [1.807, 2.05) is 37.2 Å². The third kappa shape index (κ3) is 5.32. The van der Waals surface area contributed by atoms with Crippen molar-refractivity contribution in [1.82, 2.24) is 10.2 Å². The predicted octanol–water partition coefficient (Wildman–Crippen LogP) is 1.39. The first-order valence-electron chi connectivity index (χ1n) is 6.39. The number of amides is 1. The highest BCUT2D eigenvalue weighted by Crippen LogP contribution is 2.24. The summed E-state index contributed by atoms with van der Waals surface area (Å²) in [7, 11) is 7.12. The lowest BCUT2D eigenvalue weighted by atomic mass is 10.1. The van der Waals surface area contributed by atoms with Crippen LogP contribution in [-0.2, 0) is 4.79 Å². The molecule has 0 aromatic heterocycles. The van der Waals surface area contributed by atoms with Crippen molar-refractivity contribution < 1.29 is 14.3 Å². The highest BCUT2D eigenvalue weighted by molar-refractivity contribution is 5.92. The van der Waals surface area contributed by atoms with Crippen molar-refractivity contribution in [3.05, 3.63) is 29.8 Å². The monoisotopic (exact) mass is 278 g/mol. The van der Waals surface area contributed by atoms with Crippen molar-refractivity contribution in [2.45, 2.75) is 0 Å². The van der Waals surface area contributed by atoms with Crippen LogP contribution in [0.3, 0.4) is 0 Å². The number of nitrogens with zero attached hydrogens (tertiary/aromatic N) is 1. The summed E-state index contributed by atoms with van der Waals surface area (Å²) in [6.07, 6.45) is 3.21. The molecule has 0 fully saturated rings. The third-order valence-corrected chi connectivity index (χ3v) is 2.71. The molecule has 1 N–H and O–H groups in total. The molecule has 0 spiro atoms. The quantitative estimate of drug-likeness (QED) is 0.766. The number of rotatable bonds is 7. The van der Waals surface area contributed by atoms with Crippen molar-refractivity contribution in [3.63, 3.8) is 0 Å². The summed E-state index contributed by atoms with van der Waals surface area (Å²) in [5.74, 6) is 1.29. The van der Waals surface area contributed by atoms with Crippen molar-refractivity contribution in [3.8, 4) is 11.5 Å². The molecule has 0 saturated carbocycles. The molecular weight excluding hydrogens is 256 g/mol. The van der Waals surface area contributed by atoms with Gasteiger partial charge in [0.05, 0.1) is 14.2 Å². The molecule has 1 rings (SSSR count). The molecule has 1 amide bonds. The van der Waals surface area contributed by atoms with Crippen molar-refractivity contribution >= 4 is 12.0 Å². The molecular formula is C15H22N2O3. The Balaban J connectivity index is 2.66. The minimum absolute atomic E-state index is 0.128. The second kappa shape index (κ2) is 8.22. The SMILES string of the molecule is COc1ccc(OC)c(/C=C/C(=O)NCCN(C)C)c1. The summed E-state index contributed by atoms with van der Waals surface area (Å²) >= 11 is 0. The van der Waals surface area contributed by atoms with Crippen LogP contribution >= 0.6 is 0 Å². The number of methoxy groups -OCH3 is 2. The van der Waals surface area contributed by atoms with Crippen LogP contribution in [0.5, 0.6) is 11.5 Å². The first-order valence-corrected chi connectivity index (χ1v) is 6.39. The van der Waals surface area contributed by atoms with Gasteiger partial charge in [-0.1, -0.05) is 0 Å². The Labute approximate surface area is 120 Å². The van der Waals surface area contributed by atoms with E-state index in [4.69, 9.17) is 9.47 Å². The maximum Gasteiger partial charge on any atom is 0.244 e. The number of hydrogen-bond acceptors (Lipinski definition) is 4. The van der Waals surface area contributed by atoms with E-state index in [9.17, 15) is 4.79 Å². The number of likely N-dealkylation sites (N-methyl/N-ethyl adjacent to an activating group) is 1. The molecule has 110 valence electrons. The highest BCUT2D eigenvalue weighted by atomic mass is 16.5. The lowest BCUT2D eigenvalue weighted by molar-refractivity contribution is -0.116. The van der Waals surface area contributed by atoms with Crippen LogP contribution in [0.4, 0.5) is 0 Å². The smallest absolute Gasteiger partial charge is 0.244 e. The summed E-state index contributed by atoms with van der Waals surface area (Å²) in [4.78, 5) is 13.7. The summed E-state index contributed by atoms with van der Waals surface area (Å²) in [6, 6.07) is 5.44. The Kier molecular flexibility index (Phi) is 6.59. The van der Waals surface area contributed by atoms with Gasteiger partial charge in [-0.15, -0.1) is 0 Å². The van der Waals surface area contributed by atoms with Gasteiger partial charge in [0, 0.05) is 24.7 Å². The van der Waals surface area contributed by atoms with Gasteiger partial charge >= 0.3 is 0 Å². The molecule has 0 heterocycles. The predicted molar refractivity (Wildman–Crippen MR) is 80.1 cm³/mol. The van der Waals surface area contributed by atoms with Crippen molar-refractivity contribution in [2.24, 2.45) is 0 Å². The second-order valence-electron chi connectivity index (χ2n) is 4.54. The molecule has 5 nitrogen and oxygen atoms in total. The lowest BCUT2D eigenvalue weighted by Crippen LogP contribution is -2.30. The minimum atomic E-state index is -0.128. The first-order chi connectivity index (χ1) is 9.56. The summed E-state index contributed by atoms with van der Waals surface area (Å²) < 4.78 is 10.4. The molecule has 0 aliphatic heterocycles. The zero-order valence-electron chi connectivity index (χ0n) is 12.5. The van der Waals surface area contributed by atoms with Crippen LogP contribution in [0.15, 0.2) is 24.3 Å². The summed E-state index contributed by atoms with van der Waals surface area (Å²) in [5.41, 5.74) is 0.801. The fourth-order valence-corrected chi connectivity index (χ4v) is 1.60. The lowest BCUT2D eigenvalue weighted by Gasteiger charge is -2.09. The molecule has 0 bridgehead atoms. The zero-order chi connectivity index (χ0) is 15.0. The maximum absolute atomic E-state index is 11.7. The molecule has 5 heteroatoms. The van der Waals surface area contributed by atoms with Crippen LogP contribution in [0.2, 0.25) is 0 Å². The van der Waals surface area contributed by atoms with Crippen LogP contribution in [-0.4, -0.2) is 52.2 Å². The largest absolute Gasteiger partial charge is 0.497 e. The molecule has 1 aromatic rings. The number of ether oxygens (including phenoxy) is 2. The molecule has 0 aliphatic carbocycles. The standard InChI is InChI=1S/C15H22N2O3/c1-17(2)10-9-16-15(18)8-5-12-11-13(19-3)6-7-14(12)20-4/h5-8,11H,9-10H2,1-4H3,(H,16,18)/b8-5+. The minimum Gasteiger partial charge on any atom is -0.497 e. The van der Waals surface area contributed by atoms with Gasteiger partial charge in [-0.05, 0) is 38.4 Å². The number of carbonyl (C=O) groups is 1. The van der Waals surface area contributed by atoms with Crippen LogP contribution < -0.4 is 14.8 Å². The highest BCUT2D eigenvalue weighted by Gasteiger charge is 2.03. The van der Waals surface area contributed by atoms with Gasteiger partial charge in [0.1, 0.15) is 11.5 Å². The molecule has 1 aromatic carbocycles. The van der Waals surface area contributed by atoms with Crippen LogP contribution in [0.1, 0.15) is 5.56 Å². The Bertz CT molecular complexity index is 470. The van der Waals surface area contributed by atoms with Gasteiger partial charge in [0.2, 0.25) is 5.91 Å². The Morgan fingerprint density at radius 1 is 1.30 bits per heavy atom. The molecule has 0 radical (unpaired) electrons. The number of benzene rings is 1. The van der Waals surface area contributed by atoms with E-state index in [1.165, 1.54) is 6.08 Å². The van der Waals surface area contributed by atoms with E-state index in [-0.39, 0.29) is 5.91 Å². The molecule has 0 unspecified atom stereocenters. The Hall–Kier alpha value is -2.01. The molecule has 0 saturated heterocycles. The maximum atomic E-state index is 11.7.